The third kappa shape index (κ3) is 6.33. The maximum absolute atomic E-state index is 15.7. The smallest absolute Gasteiger partial charge is 0.339 e. The van der Waals surface area contributed by atoms with Crippen LogP contribution in [0.5, 0.6) is 5.75 Å². The first-order valence-corrected chi connectivity index (χ1v) is 16.1. The lowest BCUT2D eigenvalue weighted by molar-refractivity contribution is -0.166. The van der Waals surface area contributed by atoms with Crippen molar-refractivity contribution < 1.29 is 28.2 Å². The predicted molar refractivity (Wildman–Crippen MR) is 166 cm³/mol. The van der Waals surface area contributed by atoms with Crippen molar-refractivity contribution in [1.82, 2.24) is 4.90 Å². The number of amides is 1. The second-order valence-corrected chi connectivity index (χ2v) is 13.6. The fraction of sp³-hybridized carbons (Fsp3) is 0.611. The van der Waals surface area contributed by atoms with E-state index in [4.69, 9.17) is 14.2 Å². The highest BCUT2D eigenvalue weighted by Gasteiger charge is 2.38. The van der Waals surface area contributed by atoms with Crippen molar-refractivity contribution >= 4 is 11.9 Å². The molecule has 1 aliphatic carbocycles. The maximum Gasteiger partial charge on any atom is 0.339 e. The number of esters is 1. The molecule has 1 saturated carbocycles. The van der Waals surface area contributed by atoms with E-state index in [2.05, 4.69) is 6.92 Å². The topological polar surface area (TPSA) is 65.1 Å². The molecule has 5 rings (SSSR count). The number of rotatable bonds is 7. The number of carbonyl (C=O) groups is 2. The molecular formula is C36H48FNO5. The van der Waals surface area contributed by atoms with Crippen molar-refractivity contribution in [3.05, 3.63) is 50.8 Å². The summed E-state index contributed by atoms with van der Waals surface area (Å²) in [6.07, 6.45) is 6.85. The number of fused-ring (bicyclic) bond motifs is 2. The molecule has 6 nitrogen and oxygen atoms in total. The number of ether oxygens (including phenoxy) is 3. The van der Waals surface area contributed by atoms with E-state index in [0.29, 0.717) is 30.4 Å². The molecule has 3 aliphatic rings. The second-order valence-electron chi connectivity index (χ2n) is 13.6. The summed E-state index contributed by atoms with van der Waals surface area (Å²) in [6.45, 7) is 15.6. The van der Waals surface area contributed by atoms with E-state index < -0.39 is 23.5 Å². The molecule has 0 unspecified atom stereocenters. The Labute approximate surface area is 256 Å². The van der Waals surface area contributed by atoms with Gasteiger partial charge < -0.3 is 19.1 Å². The monoisotopic (exact) mass is 593 g/mol. The highest BCUT2D eigenvalue weighted by molar-refractivity contribution is 5.89. The minimum Gasteiger partial charge on any atom is -0.490 e. The Morgan fingerprint density at radius 3 is 2.44 bits per heavy atom. The van der Waals surface area contributed by atoms with Gasteiger partial charge in [-0.15, -0.1) is 0 Å². The van der Waals surface area contributed by atoms with Crippen LogP contribution in [-0.4, -0.2) is 42.1 Å². The van der Waals surface area contributed by atoms with E-state index in [1.54, 1.807) is 13.0 Å². The van der Waals surface area contributed by atoms with Gasteiger partial charge in [0.1, 0.15) is 0 Å². The number of hydrogen-bond acceptors (Lipinski definition) is 5. The quantitative estimate of drug-likeness (QED) is 0.309. The standard InChI is InChI=1S/C36H48FNO5/c1-8-41-35(40)34(43-36(5,6)7)32-22(3)26-18-30(39)38(19-24-13-10-9-11-14-24)20-28(26)23(4)31(32)27-17-29(37)33-25(21(27)2)15-12-16-42-33/h17,24,34H,8-16,18-20H2,1-7H3/t34-/m0/s1. The van der Waals surface area contributed by atoms with Gasteiger partial charge in [-0.1, -0.05) is 19.3 Å². The van der Waals surface area contributed by atoms with Crippen molar-refractivity contribution in [2.75, 3.05) is 19.8 Å². The molecule has 1 fully saturated rings. The number of halogens is 1. The SMILES string of the molecule is CCOC(=O)[C@@H](OC(C)(C)C)c1c(C)c2c(c(C)c1-c1cc(F)c3c(c1C)CCCO3)CN(CC1CCCCC1)C(=O)C2. The third-order valence-electron chi connectivity index (χ3n) is 9.49. The molecule has 0 bridgehead atoms. The Morgan fingerprint density at radius 1 is 1.05 bits per heavy atom. The molecule has 7 heteroatoms. The fourth-order valence-corrected chi connectivity index (χ4v) is 7.39. The van der Waals surface area contributed by atoms with Gasteiger partial charge >= 0.3 is 5.97 Å². The number of hydrogen-bond donors (Lipinski definition) is 0. The lowest BCUT2D eigenvalue weighted by Crippen LogP contribution is -2.41. The van der Waals surface area contributed by atoms with Crippen LogP contribution in [0.4, 0.5) is 4.39 Å². The normalized spacial score (nSPS) is 18.1. The fourth-order valence-electron chi connectivity index (χ4n) is 7.39. The number of benzene rings is 2. The van der Waals surface area contributed by atoms with Gasteiger partial charge in [0.15, 0.2) is 17.7 Å². The van der Waals surface area contributed by atoms with Gasteiger partial charge in [0.2, 0.25) is 5.91 Å². The third-order valence-corrected chi connectivity index (χ3v) is 9.49. The van der Waals surface area contributed by atoms with Crippen LogP contribution < -0.4 is 4.74 Å². The van der Waals surface area contributed by atoms with Crippen molar-refractivity contribution in [3.8, 4) is 16.9 Å². The molecule has 0 N–H and O–H groups in total. The van der Waals surface area contributed by atoms with Crippen LogP contribution in [-0.2, 0) is 38.4 Å². The minimum absolute atomic E-state index is 0.122. The first kappa shape index (κ1) is 31.5. The minimum atomic E-state index is -1.04. The Bertz CT molecular complexity index is 1400. The predicted octanol–water partition coefficient (Wildman–Crippen LogP) is 7.63. The average molecular weight is 594 g/mol. The van der Waals surface area contributed by atoms with Gasteiger partial charge in [0.05, 0.1) is 25.2 Å². The Kier molecular flexibility index (Phi) is 9.22. The molecular weight excluding hydrogens is 545 g/mol. The molecule has 1 amide bonds. The van der Waals surface area contributed by atoms with E-state index in [1.807, 2.05) is 39.5 Å². The van der Waals surface area contributed by atoms with E-state index >= 15 is 4.39 Å². The van der Waals surface area contributed by atoms with E-state index in [0.717, 1.165) is 63.9 Å². The molecule has 0 radical (unpaired) electrons. The van der Waals surface area contributed by atoms with Gasteiger partial charge in [-0.3, -0.25) is 4.79 Å². The average Bonchev–Trinajstić information content (AvgIpc) is 2.97. The second kappa shape index (κ2) is 12.6. The highest BCUT2D eigenvalue weighted by atomic mass is 19.1. The van der Waals surface area contributed by atoms with E-state index in [-0.39, 0.29) is 18.9 Å². The van der Waals surface area contributed by atoms with Crippen molar-refractivity contribution in [2.24, 2.45) is 5.92 Å². The summed E-state index contributed by atoms with van der Waals surface area (Å²) in [6, 6.07) is 1.56. The zero-order valence-electron chi connectivity index (χ0n) is 27.1. The molecule has 0 spiro atoms. The molecule has 2 aromatic carbocycles. The van der Waals surface area contributed by atoms with Crippen molar-refractivity contribution in [2.45, 2.75) is 118 Å². The zero-order valence-corrected chi connectivity index (χ0v) is 27.1. The lowest BCUT2D eigenvalue weighted by Gasteiger charge is -2.37. The molecule has 0 saturated heterocycles. The molecule has 234 valence electrons. The summed E-state index contributed by atoms with van der Waals surface area (Å²) < 4.78 is 33.5. The van der Waals surface area contributed by atoms with Crippen LogP contribution in [0.25, 0.3) is 11.1 Å². The summed E-state index contributed by atoms with van der Waals surface area (Å²) in [4.78, 5) is 29.3. The number of nitrogens with zero attached hydrogens (tertiary/aromatic N) is 1. The lowest BCUT2D eigenvalue weighted by atomic mass is 9.78. The number of carbonyl (C=O) groups excluding carboxylic acids is 2. The van der Waals surface area contributed by atoms with Gasteiger partial charge in [0, 0.05) is 24.2 Å². The highest BCUT2D eigenvalue weighted by Crippen LogP contribution is 2.46. The first-order chi connectivity index (χ1) is 20.4. The van der Waals surface area contributed by atoms with Crippen LogP contribution in [0, 0.1) is 32.5 Å². The first-order valence-electron chi connectivity index (χ1n) is 16.1. The van der Waals surface area contributed by atoms with E-state index in [1.165, 1.54) is 32.1 Å². The van der Waals surface area contributed by atoms with Crippen molar-refractivity contribution in [3.63, 3.8) is 0 Å². The Hall–Kier alpha value is -2.93. The van der Waals surface area contributed by atoms with Crippen LogP contribution in [0.1, 0.15) is 111 Å². The Morgan fingerprint density at radius 2 is 1.77 bits per heavy atom. The summed E-state index contributed by atoms with van der Waals surface area (Å²) in [5.74, 6) is 0.108. The summed E-state index contributed by atoms with van der Waals surface area (Å²) in [5.41, 5.74) is 7.22. The van der Waals surface area contributed by atoms with E-state index in [9.17, 15) is 9.59 Å². The van der Waals surface area contributed by atoms with Crippen LogP contribution in [0.2, 0.25) is 0 Å². The molecule has 0 aromatic heterocycles. The van der Waals surface area contributed by atoms with Gasteiger partial charge in [0.25, 0.3) is 0 Å². The Balaban J connectivity index is 1.74. The molecule has 2 aromatic rings. The zero-order chi connectivity index (χ0) is 31.1. The van der Waals surface area contributed by atoms with Crippen LogP contribution >= 0.6 is 0 Å². The van der Waals surface area contributed by atoms with Gasteiger partial charge in [-0.2, -0.15) is 0 Å². The summed E-state index contributed by atoms with van der Waals surface area (Å²) >= 11 is 0. The summed E-state index contributed by atoms with van der Waals surface area (Å²) in [5, 5.41) is 0. The maximum atomic E-state index is 15.7. The molecule has 43 heavy (non-hydrogen) atoms. The molecule has 2 heterocycles. The van der Waals surface area contributed by atoms with Crippen LogP contribution in [0.3, 0.4) is 0 Å². The molecule has 1 atom stereocenters. The van der Waals surface area contributed by atoms with Crippen molar-refractivity contribution in [1.29, 1.82) is 0 Å². The summed E-state index contributed by atoms with van der Waals surface area (Å²) in [7, 11) is 0. The largest absolute Gasteiger partial charge is 0.490 e. The van der Waals surface area contributed by atoms with Gasteiger partial charge in [-0.25, -0.2) is 9.18 Å². The van der Waals surface area contributed by atoms with Crippen LogP contribution in [0.15, 0.2) is 6.07 Å². The molecule has 2 aliphatic heterocycles. The van der Waals surface area contributed by atoms with Gasteiger partial charge in [-0.05, 0) is 125 Å².